The average Bonchev–Trinajstić information content (AvgIpc) is 3.22. The van der Waals surface area contributed by atoms with Crippen LogP contribution in [0, 0.1) is 6.92 Å². The van der Waals surface area contributed by atoms with Crippen molar-refractivity contribution in [3.63, 3.8) is 0 Å². The average molecular weight is 416 g/mol. The lowest BCUT2D eigenvalue weighted by Gasteiger charge is -2.12. The van der Waals surface area contributed by atoms with Crippen LogP contribution < -0.4 is 0 Å². The Balaban J connectivity index is 1.73. The number of aromatic nitrogens is 3. The molecular formula is C24H21N3O2S. The lowest BCUT2D eigenvalue weighted by atomic mass is 10.1. The van der Waals surface area contributed by atoms with E-state index in [0.29, 0.717) is 11.3 Å². The number of carbonyl (C=O) groups is 1. The second kappa shape index (κ2) is 8.97. The van der Waals surface area contributed by atoms with Crippen molar-refractivity contribution in [3.8, 4) is 17.1 Å². The van der Waals surface area contributed by atoms with Gasteiger partial charge in [0.1, 0.15) is 0 Å². The van der Waals surface area contributed by atoms with Crippen molar-refractivity contribution in [1.82, 2.24) is 14.8 Å². The molecule has 1 aromatic heterocycles. The van der Waals surface area contributed by atoms with Crippen LogP contribution in [0.3, 0.4) is 0 Å². The van der Waals surface area contributed by atoms with Gasteiger partial charge in [-0.15, -0.1) is 10.2 Å². The Hall–Kier alpha value is -3.38. The molecular weight excluding hydrogens is 394 g/mol. The molecule has 0 radical (unpaired) electrons. The zero-order valence-corrected chi connectivity index (χ0v) is 17.6. The molecule has 30 heavy (non-hydrogen) atoms. The maximum absolute atomic E-state index is 12.1. The maximum atomic E-state index is 12.1. The maximum Gasteiger partial charge on any atom is 0.338 e. The zero-order chi connectivity index (χ0) is 20.9. The van der Waals surface area contributed by atoms with Crippen molar-refractivity contribution in [2.24, 2.45) is 0 Å². The molecule has 0 atom stereocenters. The zero-order valence-electron chi connectivity index (χ0n) is 16.8. The van der Waals surface area contributed by atoms with Crippen molar-refractivity contribution in [2.45, 2.75) is 17.8 Å². The molecule has 6 heteroatoms. The van der Waals surface area contributed by atoms with Crippen molar-refractivity contribution in [1.29, 1.82) is 0 Å². The molecule has 0 fully saturated rings. The molecule has 0 spiro atoms. The molecule has 0 aliphatic heterocycles. The Morgan fingerprint density at radius 3 is 2.40 bits per heavy atom. The monoisotopic (exact) mass is 415 g/mol. The van der Waals surface area contributed by atoms with Crippen LogP contribution in [0.1, 0.15) is 21.5 Å². The molecule has 0 amide bonds. The van der Waals surface area contributed by atoms with Gasteiger partial charge in [-0.1, -0.05) is 72.4 Å². The Morgan fingerprint density at radius 2 is 1.63 bits per heavy atom. The predicted molar refractivity (Wildman–Crippen MR) is 119 cm³/mol. The number of esters is 1. The van der Waals surface area contributed by atoms with Crippen molar-refractivity contribution < 1.29 is 9.53 Å². The third-order valence-corrected chi connectivity index (χ3v) is 5.79. The van der Waals surface area contributed by atoms with Crippen LogP contribution >= 0.6 is 11.8 Å². The second-order valence-corrected chi connectivity index (χ2v) is 7.67. The first-order valence-corrected chi connectivity index (χ1v) is 10.5. The van der Waals surface area contributed by atoms with Gasteiger partial charge < -0.3 is 4.74 Å². The summed E-state index contributed by atoms with van der Waals surface area (Å²) in [5, 5.41) is 9.75. The number of ether oxygens (including phenoxy) is 1. The molecule has 0 unspecified atom stereocenters. The van der Waals surface area contributed by atoms with E-state index in [1.54, 1.807) is 6.07 Å². The van der Waals surface area contributed by atoms with E-state index in [1.807, 2.05) is 60.7 Å². The second-order valence-electron chi connectivity index (χ2n) is 6.73. The Bertz CT molecular complexity index is 1170. The summed E-state index contributed by atoms with van der Waals surface area (Å²) in [5.41, 5.74) is 4.63. The first-order chi connectivity index (χ1) is 14.7. The van der Waals surface area contributed by atoms with Gasteiger partial charge in [-0.25, -0.2) is 4.79 Å². The largest absolute Gasteiger partial charge is 0.465 e. The predicted octanol–water partition coefficient (Wildman–Crippen LogP) is 5.32. The number of carbonyl (C=O) groups excluding carboxylic acids is 1. The minimum atomic E-state index is -0.337. The van der Waals surface area contributed by atoms with E-state index >= 15 is 0 Å². The van der Waals surface area contributed by atoms with Crippen LogP contribution in [0.25, 0.3) is 17.1 Å². The third-order valence-electron chi connectivity index (χ3n) is 4.81. The molecule has 0 aliphatic rings. The number of benzene rings is 3. The molecule has 4 rings (SSSR count). The van der Waals surface area contributed by atoms with E-state index in [2.05, 4.69) is 33.8 Å². The summed E-state index contributed by atoms with van der Waals surface area (Å²) < 4.78 is 6.98. The summed E-state index contributed by atoms with van der Waals surface area (Å²) >= 11 is 1.54. The normalized spacial score (nSPS) is 10.7. The number of rotatable bonds is 6. The van der Waals surface area contributed by atoms with E-state index < -0.39 is 0 Å². The number of methoxy groups -OCH3 is 1. The van der Waals surface area contributed by atoms with Gasteiger partial charge in [0.15, 0.2) is 11.0 Å². The van der Waals surface area contributed by atoms with Gasteiger partial charge in [0.2, 0.25) is 0 Å². The van der Waals surface area contributed by atoms with E-state index in [9.17, 15) is 4.79 Å². The summed E-state index contributed by atoms with van der Waals surface area (Å²) in [5.74, 6) is 1.03. The number of para-hydroxylation sites is 1. The number of hydrogen-bond acceptors (Lipinski definition) is 5. The molecule has 1 heterocycles. The highest BCUT2D eigenvalue weighted by Crippen LogP contribution is 2.31. The minimum absolute atomic E-state index is 0.337. The van der Waals surface area contributed by atoms with E-state index in [-0.39, 0.29) is 5.97 Å². The Labute approximate surface area is 179 Å². The topological polar surface area (TPSA) is 57.0 Å². The summed E-state index contributed by atoms with van der Waals surface area (Å²) in [6, 6.07) is 25.7. The fraction of sp³-hybridized carbons (Fsp3) is 0.125. The Morgan fingerprint density at radius 1 is 0.933 bits per heavy atom. The van der Waals surface area contributed by atoms with Crippen LogP contribution in [0.15, 0.2) is 84.0 Å². The molecule has 0 saturated heterocycles. The quantitative estimate of drug-likeness (QED) is 0.315. The highest BCUT2D eigenvalue weighted by Gasteiger charge is 2.18. The van der Waals surface area contributed by atoms with Gasteiger partial charge in [-0.3, -0.25) is 4.57 Å². The Kier molecular flexibility index (Phi) is 5.95. The lowest BCUT2D eigenvalue weighted by Crippen LogP contribution is -2.05. The van der Waals surface area contributed by atoms with Gasteiger partial charge in [0, 0.05) is 17.0 Å². The fourth-order valence-corrected chi connectivity index (χ4v) is 4.22. The summed E-state index contributed by atoms with van der Waals surface area (Å²) in [6.45, 7) is 2.07. The smallest absolute Gasteiger partial charge is 0.338 e. The van der Waals surface area contributed by atoms with Crippen molar-refractivity contribution in [2.75, 3.05) is 7.11 Å². The van der Waals surface area contributed by atoms with E-state index in [0.717, 1.165) is 33.4 Å². The first kappa shape index (κ1) is 19.9. The standard InChI is InChI=1S/C24H21N3O2S/c1-17-10-6-8-14-20(17)22-25-26-24(27(22)19-12-4-3-5-13-19)30-16-18-11-7-9-15-21(18)23(28)29-2/h3-15H,16H2,1-2H3. The van der Waals surface area contributed by atoms with E-state index in [1.165, 1.54) is 18.9 Å². The van der Waals surface area contributed by atoms with Gasteiger partial charge in [-0.2, -0.15) is 0 Å². The third kappa shape index (κ3) is 4.00. The molecule has 5 nitrogen and oxygen atoms in total. The van der Waals surface area contributed by atoms with Gasteiger partial charge in [0.05, 0.1) is 12.7 Å². The number of nitrogens with zero attached hydrogens (tertiary/aromatic N) is 3. The number of hydrogen-bond donors (Lipinski definition) is 0. The fourth-order valence-electron chi connectivity index (χ4n) is 3.27. The SMILES string of the molecule is COC(=O)c1ccccc1CSc1nnc(-c2ccccc2C)n1-c1ccccc1. The summed E-state index contributed by atoms with van der Waals surface area (Å²) in [6.07, 6.45) is 0. The molecule has 0 N–H and O–H groups in total. The molecule has 0 aliphatic carbocycles. The van der Waals surface area contributed by atoms with Gasteiger partial charge >= 0.3 is 5.97 Å². The van der Waals surface area contributed by atoms with Crippen molar-refractivity contribution >= 4 is 17.7 Å². The molecule has 0 saturated carbocycles. The van der Waals surface area contributed by atoms with Crippen LogP contribution in [-0.4, -0.2) is 27.8 Å². The summed E-state index contributed by atoms with van der Waals surface area (Å²) in [7, 11) is 1.40. The first-order valence-electron chi connectivity index (χ1n) is 9.55. The minimum Gasteiger partial charge on any atom is -0.465 e. The molecule has 3 aromatic carbocycles. The molecule has 0 bridgehead atoms. The van der Waals surface area contributed by atoms with Crippen LogP contribution in [0.4, 0.5) is 0 Å². The van der Waals surface area contributed by atoms with Gasteiger partial charge in [0.25, 0.3) is 0 Å². The molecule has 150 valence electrons. The van der Waals surface area contributed by atoms with Crippen molar-refractivity contribution in [3.05, 3.63) is 95.6 Å². The highest BCUT2D eigenvalue weighted by molar-refractivity contribution is 7.98. The molecule has 4 aromatic rings. The lowest BCUT2D eigenvalue weighted by molar-refractivity contribution is 0.0600. The van der Waals surface area contributed by atoms with Crippen LogP contribution in [0.5, 0.6) is 0 Å². The summed E-state index contributed by atoms with van der Waals surface area (Å²) in [4.78, 5) is 12.1. The number of thioether (sulfide) groups is 1. The highest BCUT2D eigenvalue weighted by atomic mass is 32.2. The number of aryl methyl sites for hydroxylation is 1. The van der Waals surface area contributed by atoms with Gasteiger partial charge in [-0.05, 0) is 36.2 Å². The van der Waals surface area contributed by atoms with Crippen LogP contribution in [-0.2, 0) is 10.5 Å². The van der Waals surface area contributed by atoms with E-state index in [4.69, 9.17) is 4.74 Å². The van der Waals surface area contributed by atoms with Crippen LogP contribution in [0.2, 0.25) is 0 Å².